The molecule has 0 radical (unpaired) electrons. The molecule has 0 bridgehead atoms. The Morgan fingerprint density at radius 2 is 1.93 bits per heavy atom. The van der Waals surface area contributed by atoms with Gasteiger partial charge in [-0.3, -0.25) is 9.69 Å². The van der Waals surface area contributed by atoms with Crippen LogP contribution in [-0.4, -0.2) is 43.7 Å². The number of hydrogen-bond donors (Lipinski definition) is 1. The van der Waals surface area contributed by atoms with E-state index in [1.807, 2.05) is 18.2 Å². The van der Waals surface area contributed by atoms with Crippen molar-refractivity contribution in [2.45, 2.75) is 19.4 Å². The van der Waals surface area contributed by atoms with Gasteiger partial charge in [0.15, 0.2) is 0 Å². The molecule has 5 nitrogen and oxygen atoms in total. The summed E-state index contributed by atoms with van der Waals surface area (Å²) >= 11 is 9.32. The fourth-order valence-electron chi connectivity index (χ4n) is 2.94. The number of rotatable bonds is 8. The number of carbonyl (C=O) groups is 1. The quantitative estimate of drug-likeness (QED) is 0.570. The van der Waals surface area contributed by atoms with Gasteiger partial charge in [0.05, 0.1) is 24.3 Å². The molecule has 150 valence electrons. The van der Waals surface area contributed by atoms with E-state index in [0.29, 0.717) is 24.5 Å². The molecular weight excluding hydrogens is 444 g/mol. The highest BCUT2D eigenvalue weighted by atomic mass is 79.9. The molecule has 3 rings (SSSR count). The molecule has 0 aromatic heterocycles. The molecule has 0 atom stereocenters. The van der Waals surface area contributed by atoms with E-state index in [1.165, 1.54) is 5.56 Å². The standard InChI is InChI=1S/C21H24BrClN2O3/c22-19-14-17(23)5-8-20(19)28-11-1-2-21(26)24-18-6-3-16(4-7-18)15-25-9-12-27-13-10-25/h3-8,14H,1-2,9-13,15H2,(H,24,26). The Labute approximate surface area is 179 Å². The van der Waals surface area contributed by atoms with E-state index >= 15 is 0 Å². The lowest BCUT2D eigenvalue weighted by molar-refractivity contribution is -0.116. The van der Waals surface area contributed by atoms with Crippen LogP contribution >= 0.6 is 27.5 Å². The molecule has 1 N–H and O–H groups in total. The third kappa shape index (κ3) is 6.78. The maximum atomic E-state index is 12.1. The van der Waals surface area contributed by atoms with E-state index in [9.17, 15) is 4.79 Å². The summed E-state index contributed by atoms with van der Waals surface area (Å²) < 4.78 is 11.9. The minimum Gasteiger partial charge on any atom is -0.492 e. The van der Waals surface area contributed by atoms with Crippen LogP contribution in [0.25, 0.3) is 0 Å². The van der Waals surface area contributed by atoms with Gasteiger partial charge in [-0.05, 0) is 58.2 Å². The lowest BCUT2D eigenvalue weighted by atomic mass is 10.2. The summed E-state index contributed by atoms with van der Waals surface area (Å²) in [6.07, 6.45) is 1.04. The third-order valence-electron chi connectivity index (χ3n) is 4.45. The molecule has 1 saturated heterocycles. The van der Waals surface area contributed by atoms with Gasteiger partial charge in [0.1, 0.15) is 5.75 Å². The molecule has 0 aliphatic carbocycles. The molecule has 1 aliphatic heterocycles. The van der Waals surface area contributed by atoms with Gasteiger partial charge in [-0.2, -0.15) is 0 Å². The van der Waals surface area contributed by atoms with Crippen LogP contribution in [0, 0.1) is 0 Å². The highest BCUT2D eigenvalue weighted by Crippen LogP contribution is 2.28. The molecule has 0 spiro atoms. The van der Waals surface area contributed by atoms with Gasteiger partial charge in [0, 0.05) is 36.8 Å². The van der Waals surface area contributed by atoms with Crippen LogP contribution < -0.4 is 10.1 Å². The Hall–Kier alpha value is -1.60. The zero-order chi connectivity index (χ0) is 19.8. The molecule has 7 heteroatoms. The number of carbonyl (C=O) groups excluding carboxylic acids is 1. The Bertz CT molecular complexity index is 780. The van der Waals surface area contributed by atoms with Gasteiger partial charge in [-0.1, -0.05) is 23.7 Å². The predicted molar refractivity (Wildman–Crippen MR) is 115 cm³/mol. The van der Waals surface area contributed by atoms with Crippen molar-refractivity contribution < 1.29 is 14.3 Å². The van der Waals surface area contributed by atoms with Gasteiger partial charge in [-0.25, -0.2) is 0 Å². The first-order valence-electron chi connectivity index (χ1n) is 9.37. The molecule has 1 amide bonds. The van der Waals surface area contributed by atoms with Crippen LogP contribution in [0.3, 0.4) is 0 Å². The second kappa shape index (κ2) is 10.8. The van der Waals surface area contributed by atoms with Crippen molar-refractivity contribution in [1.82, 2.24) is 4.90 Å². The number of nitrogens with zero attached hydrogens (tertiary/aromatic N) is 1. The SMILES string of the molecule is O=C(CCCOc1ccc(Cl)cc1Br)Nc1ccc(CN2CCOCC2)cc1. The minimum atomic E-state index is -0.0142. The number of amides is 1. The van der Waals surface area contributed by atoms with Crippen LogP contribution in [0.5, 0.6) is 5.75 Å². The molecule has 0 unspecified atom stereocenters. The highest BCUT2D eigenvalue weighted by Gasteiger charge is 2.11. The first kappa shape index (κ1) is 21.1. The molecule has 1 heterocycles. The van der Waals surface area contributed by atoms with Gasteiger partial charge < -0.3 is 14.8 Å². The van der Waals surface area contributed by atoms with Crippen molar-refractivity contribution >= 4 is 39.1 Å². The largest absolute Gasteiger partial charge is 0.492 e. The fourth-order valence-corrected chi connectivity index (χ4v) is 3.74. The molecule has 2 aromatic carbocycles. The van der Waals surface area contributed by atoms with Crippen LogP contribution in [0.15, 0.2) is 46.9 Å². The van der Waals surface area contributed by atoms with Gasteiger partial charge >= 0.3 is 0 Å². The van der Waals surface area contributed by atoms with Crippen molar-refractivity contribution in [3.8, 4) is 5.75 Å². The van der Waals surface area contributed by atoms with Crippen LogP contribution in [-0.2, 0) is 16.1 Å². The molecule has 0 saturated carbocycles. The lowest BCUT2D eigenvalue weighted by Crippen LogP contribution is -2.35. The molecule has 1 aliphatic rings. The van der Waals surface area contributed by atoms with Crippen molar-refractivity contribution in [2.75, 3.05) is 38.2 Å². The smallest absolute Gasteiger partial charge is 0.224 e. The highest BCUT2D eigenvalue weighted by molar-refractivity contribution is 9.10. The number of morpholine rings is 1. The maximum absolute atomic E-state index is 12.1. The van der Waals surface area contributed by atoms with Gasteiger partial charge in [-0.15, -0.1) is 0 Å². The Morgan fingerprint density at radius 1 is 1.18 bits per heavy atom. The monoisotopic (exact) mass is 466 g/mol. The Balaban J connectivity index is 1.37. The molecular formula is C21H24BrClN2O3. The van der Waals surface area contributed by atoms with Gasteiger partial charge in [0.2, 0.25) is 5.91 Å². The maximum Gasteiger partial charge on any atom is 0.224 e. The minimum absolute atomic E-state index is 0.0142. The van der Waals surface area contributed by atoms with Crippen LogP contribution in [0.1, 0.15) is 18.4 Å². The van der Waals surface area contributed by atoms with Crippen molar-refractivity contribution in [3.63, 3.8) is 0 Å². The fraction of sp³-hybridized carbons (Fsp3) is 0.381. The third-order valence-corrected chi connectivity index (χ3v) is 5.30. The van der Waals surface area contributed by atoms with E-state index in [1.54, 1.807) is 12.1 Å². The average molecular weight is 468 g/mol. The number of nitrogens with one attached hydrogen (secondary N) is 1. The summed E-state index contributed by atoms with van der Waals surface area (Å²) in [5.74, 6) is 0.709. The summed E-state index contributed by atoms with van der Waals surface area (Å²) in [4.78, 5) is 14.5. The summed E-state index contributed by atoms with van der Waals surface area (Å²) in [6, 6.07) is 13.4. The van der Waals surface area contributed by atoms with Crippen molar-refractivity contribution in [1.29, 1.82) is 0 Å². The topological polar surface area (TPSA) is 50.8 Å². The second-order valence-electron chi connectivity index (χ2n) is 6.66. The van der Waals surface area contributed by atoms with E-state index in [2.05, 4.69) is 38.3 Å². The first-order chi connectivity index (χ1) is 13.6. The Morgan fingerprint density at radius 3 is 2.64 bits per heavy atom. The summed E-state index contributed by atoms with van der Waals surface area (Å²) in [6.45, 7) is 4.90. The van der Waals surface area contributed by atoms with Gasteiger partial charge in [0.25, 0.3) is 0 Å². The molecule has 2 aromatic rings. The summed E-state index contributed by atoms with van der Waals surface area (Å²) in [5.41, 5.74) is 2.05. The van der Waals surface area contributed by atoms with Crippen LogP contribution in [0.2, 0.25) is 5.02 Å². The number of ether oxygens (including phenoxy) is 2. The normalized spacial score (nSPS) is 14.6. The van der Waals surface area contributed by atoms with E-state index in [0.717, 1.165) is 48.8 Å². The zero-order valence-corrected chi connectivity index (χ0v) is 18.0. The van der Waals surface area contributed by atoms with E-state index in [4.69, 9.17) is 21.1 Å². The van der Waals surface area contributed by atoms with E-state index < -0.39 is 0 Å². The van der Waals surface area contributed by atoms with Crippen molar-refractivity contribution in [2.24, 2.45) is 0 Å². The van der Waals surface area contributed by atoms with E-state index in [-0.39, 0.29) is 5.91 Å². The lowest BCUT2D eigenvalue weighted by Gasteiger charge is -2.26. The number of benzene rings is 2. The van der Waals surface area contributed by atoms with Crippen molar-refractivity contribution in [3.05, 3.63) is 57.5 Å². The predicted octanol–water partition coefficient (Wildman–Crippen LogP) is 4.73. The molecule has 28 heavy (non-hydrogen) atoms. The summed E-state index contributed by atoms with van der Waals surface area (Å²) in [7, 11) is 0. The second-order valence-corrected chi connectivity index (χ2v) is 7.95. The zero-order valence-electron chi connectivity index (χ0n) is 15.6. The number of hydrogen-bond acceptors (Lipinski definition) is 4. The number of anilines is 1. The number of halogens is 2. The average Bonchev–Trinajstić information content (AvgIpc) is 2.69. The molecule has 1 fully saturated rings. The first-order valence-corrected chi connectivity index (χ1v) is 10.5. The van der Waals surface area contributed by atoms with Crippen LogP contribution in [0.4, 0.5) is 5.69 Å². The Kier molecular flexibility index (Phi) is 8.15. The summed E-state index contributed by atoms with van der Waals surface area (Å²) in [5, 5.41) is 3.58.